The maximum atomic E-state index is 10.8. The Hall–Kier alpha value is -0.810. The minimum Gasteiger partial charge on any atom is -0.443 e. The van der Waals surface area contributed by atoms with Gasteiger partial charge in [-0.25, -0.2) is 4.79 Å². The number of alkyl carbamates (subject to hydrolysis) is 1. The van der Waals surface area contributed by atoms with E-state index in [9.17, 15) is 4.79 Å². The van der Waals surface area contributed by atoms with Crippen LogP contribution in [0.4, 0.5) is 4.79 Å². The zero-order valence-electron chi connectivity index (χ0n) is 9.16. The smallest absolute Gasteiger partial charge is 0.407 e. The Bertz CT molecular complexity index is 229. The summed E-state index contributed by atoms with van der Waals surface area (Å²) in [6, 6.07) is 0.582. The topological polar surface area (TPSA) is 53.6 Å². The lowest BCUT2D eigenvalue weighted by atomic mass is 10.1. The molecule has 2 atom stereocenters. The van der Waals surface area contributed by atoms with E-state index in [-0.39, 0.29) is 12.2 Å². The highest BCUT2D eigenvalue weighted by atomic mass is 16.6. The summed E-state index contributed by atoms with van der Waals surface area (Å²) in [5, 5.41) is 6.06. The van der Waals surface area contributed by atoms with Gasteiger partial charge < -0.3 is 15.4 Å². The summed E-state index contributed by atoms with van der Waals surface area (Å²) in [7, 11) is 2.10. The van der Waals surface area contributed by atoms with E-state index >= 15 is 0 Å². The minimum atomic E-state index is -0.282. The van der Waals surface area contributed by atoms with Gasteiger partial charge in [0.15, 0.2) is 0 Å². The van der Waals surface area contributed by atoms with Crippen molar-refractivity contribution in [2.75, 3.05) is 33.2 Å². The minimum absolute atomic E-state index is 0.0180. The molecule has 5 heteroatoms. The Labute approximate surface area is 90.1 Å². The monoisotopic (exact) mass is 213 g/mol. The number of nitrogens with zero attached hydrogens (tertiary/aromatic N) is 1. The Balaban J connectivity index is 1.75. The lowest BCUT2D eigenvalue weighted by Crippen LogP contribution is -2.47. The number of ether oxygens (including phenoxy) is 1. The molecule has 2 rings (SSSR count). The average molecular weight is 213 g/mol. The third-order valence-electron chi connectivity index (χ3n) is 3.13. The van der Waals surface area contributed by atoms with Crippen LogP contribution in [0.3, 0.4) is 0 Å². The van der Waals surface area contributed by atoms with E-state index in [0.717, 1.165) is 19.6 Å². The number of likely N-dealkylation sites (N-methyl/N-ethyl adjacent to an activating group) is 1. The molecule has 0 saturated carbocycles. The van der Waals surface area contributed by atoms with Gasteiger partial charge in [-0.1, -0.05) is 0 Å². The molecule has 0 aromatic rings. The second kappa shape index (κ2) is 4.81. The van der Waals surface area contributed by atoms with Crippen molar-refractivity contribution in [3.8, 4) is 0 Å². The average Bonchev–Trinajstić information content (AvgIpc) is 2.65. The van der Waals surface area contributed by atoms with Crippen LogP contribution in [0.1, 0.15) is 12.8 Å². The number of hydrogen-bond donors (Lipinski definition) is 2. The molecule has 86 valence electrons. The van der Waals surface area contributed by atoms with Crippen molar-refractivity contribution in [3.05, 3.63) is 0 Å². The van der Waals surface area contributed by atoms with Crippen molar-refractivity contribution in [3.63, 3.8) is 0 Å². The second-order valence-electron chi connectivity index (χ2n) is 4.35. The molecule has 2 unspecified atom stereocenters. The molecule has 0 spiro atoms. The zero-order chi connectivity index (χ0) is 10.7. The lowest BCUT2D eigenvalue weighted by molar-refractivity contribution is 0.0961. The molecule has 0 bridgehead atoms. The number of amides is 1. The van der Waals surface area contributed by atoms with E-state index in [2.05, 4.69) is 22.6 Å². The van der Waals surface area contributed by atoms with E-state index in [4.69, 9.17) is 4.74 Å². The van der Waals surface area contributed by atoms with Crippen LogP contribution in [0.15, 0.2) is 0 Å². The van der Waals surface area contributed by atoms with Gasteiger partial charge in [0.1, 0.15) is 6.10 Å². The number of piperidine rings is 1. The first-order chi connectivity index (χ1) is 7.25. The van der Waals surface area contributed by atoms with Crippen LogP contribution in [0, 0.1) is 0 Å². The predicted octanol–water partition coefficient (Wildman–Crippen LogP) is -0.221. The number of carbonyl (C=O) groups excluding carboxylic acids is 1. The fourth-order valence-corrected chi connectivity index (χ4v) is 2.21. The maximum absolute atomic E-state index is 10.8. The number of hydrogen-bond acceptors (Lipinski definition) is 4. The molecular weight excluding hydrogens is 194 g/mol. The van der Waals surface area contributed by atoms with Gasteiger partial charge in [0.05, 0.1) is 6.54 Å². The molecule has 2 aliphatic rings. The Kier molecular flexibility index (Phi) is 3.43. The zero-order valence-corrected chi connectivity index (χ0v) is 9.16. The SMILES string of the molecule is CN(CC1CNC(=O)O1)C1CCCNC1. The molecule has 0 aromatic carbocycles. The molecule has 0 aliphatic carbocycles. The highest BCUT2D eigenvalue weighted by molar-refractivity contribution is 5.69. The normalized spacial score (nSPS) is 31.5. The van der Waals surface area contributed by atoms with Gasteiger partial charge in [-0.15, -0.1) is 0 Å². The molecule has 15 heavy (non-hydrogen) atoms. The van der Waals surface area contributed by atoms with Crippen molar-refractivity contribution in [2.45, 2.75) is 25.0 Å². The fourth-order valence-electron chi connectivity index (χ4n) is 2.21. The highest BCUT2D eigenvalue weighted by Gasteiger charge is 2.26. The molecular formula is C10H19N3O2. The van der Waals surface area contributed by atoms with Gasteiger partial charge in [0, 0.05) is 19.1 Å². The van der Waals surface area contributed by atoms with E-state index in [0.29, 0.717) is 12.6 Å². The van der Waals surface area contributed by atoms with Gasteiger partial charge in [-0.2, -0.15) is 0 Å². The summed E-state index contributed by atoms with van der Waals surface area (Å²) in [5.41, 5.74) is 0. The quantitative estimate of drug-likeness (QED) is 0.680. The molecule has 2 heterocycles. The predicted molar refractivity (Wildman–Crippen MR) is 56.8 cm³/mol. The van der Waals surface area contributed by atoms with Gasteiger partial charge in [0.25, 0.3) is 0 Å². The highest BCUT2D eigenvalue weighted by Crippen LogP contribution is 2.10. The van der Waals surface area contributed by atoms with Crippen LogP contribution in [0.2, 0.25) is 0 Å². The van der Waals surface area contributed by atoms with Gasteiger partial charge in [-0.05, 0) is 26.4 Å². The maximum Gasteiger partial charge on any atom is 0.407 e. The molecule has 2 saturated heterocycles. The van der Waals surface area contributed by atoms with E-state index < -0.39 is 0 Å². The summed E-state index contributed by atoms with van der Waals surface area (Å²) in [6.45, 7) is 3.64. The summed E-state index contributed by atoms with van der Waals surface area (Å²) in [5.74, 6) is 0. The van der Waals surface area contributed by atoms with E-state index in [1.807, 2.05) is 0 Å². The van der Waals surface area contributed by atoms with Gasteiger partial charge in [0.2, 0.25) is 0 Å². The summed E-state index contributed by atoms with van der Waals surface area (Å²) >= 11 is 0. The van der Waals surface area contributed by atoms with Crippen LogP contribution < -0.4 is 10.6 Å². The molecule has 2 aliphatic heterocycles. The van der Waals surface area contributed by atoms with Gasteiger partial charge >= 0.3 is 6.09 Å². The molecule has 5 nitrogen and oxygen atoms in total. The number of carbonyl (C=O) groups is 1. The van der Waals surface area contributed by atoms with Crippen molar-refractivity contribution in [2.24, 2.45) is 0 Å². The molecule has 1 amide bonds. The largest absolute Gasteiger partial charge is 0.443 e. The first-order valence-electron chi connectivity index (χ1n) is 5.61. The molecule has 0 radical (unpaired) electrons. The number of rotatable bonds is 3. The summed E-state index contributed by atoms with van der Waals surface area (Å²) in [6.07, 6.45) is 2.20. The summed E-state index contributed by atoms with van der Waals surface area (Å²) < 4.78 is 5.11. The van der Waals surface area contributed by atoms with Crippen molar-refractivity contribution < 1.29 is 9.53 Å². The summed E-state index contributed by atoms with van der Waals surface area (Å²) in [4.78, 5) is 13.1. The van der Waals surface area contributed by atoms with Crippen LogP contribution in [0.5, 0.6) is 0 Å². The molecule has 0 aromatic heterocycles. The van der Waals surface area contributed by atoms with Crippen molar-refractivity contribution in [1.82, 2.24) is 15.5 Å². The first-order valence-corrected chi connectivity index (χ1v) is 5.61. The number of cyclic esters (lactones) is 1. The standard InChI is InChI=1S/C10H19N3O2/c1-13(8-3-2-4-11-5-8)7-9-6-12-10(14)15-9/h8-9,11H,2-7H2,1H3,(H,12,14). The van der Waals surface area contributed by atoms with Crippen LogP contribution in [-0.4, -0.2) is 56.4 Å². The third-order valence-corrected chi connectivity index (χ3v) is 3.13. The Morgan fingerprint density at radius 1 is 1.53 bits per heavy atom. The Morgan fingerprint density at radius 2 is 2.40 bits per heavy atom. The van der Waals surface area contributed by atoms with Crippen molar-refractivity contribution in [1.29, 1.82) is 0 Å². The number of nitrogens with one attached hydrogen (secondary N) is 2. The van der Waals surface area contributed by atoms with Gasteiger partial charge in [-0.3, -0.25) is 4.90 Å². The second-order valence-corrected chi connectivity index (χ2v) is 4.35. The van der Waals surface area contributed by atoms with Crippen LogP contribution >= 0.6 is 0 Å². The van der Waals surface area contributed by atoms with Crippen molar-refractivity contribution >= 4 is 6.09 Å². The fraction of sp³-hybridized carbons (Fsp3) is 0.900. The third kappa shape index (κ3) is 2.82. The lowest BCUT2D eigenvalue weighted by Gasteiger charge is -2.32. The van der Waals surface area contributed by atoms with Crippen LogP contribution in [-0.2, 0) is 4.74 Å². The Morgan fingerprint density at radius 3 is 3.00 bits per heavy atom. The van der Waals surface area contributed by atoms with E-state index in [1.54, 1.807) is 0 Å². The molecule has 2 N–H and O–H groups in total. The first kappa shape index (κ1) is 10.7. The van der Waals surface area contributed by atoms with Crippen LogP contribution in [0.25, 0.3) is 0 Å². The molecule has 2 fully saturated rings. The van der Waals surface area contributed by atoms with E-state index in [1.165, 1.54) is 12.8 Å².